The first kappa shape index (κ1) is 16.6. The number of aryl methyl sites for hydroxylation is 1. The number of hydrogen-bond donors (Lipinski definition) is 1. The minimum atomic E-state index is 0.327. The van der Waals surface area contributed by atoms with Gasteiger partial charge >= 0.3 is 0 Å². The number of carbonyl (C=O) groups excluding carboxylic acids is 1. The molecule has 4 rings (SSSR count). The number of aromatic nitrogens is 1. The Morgan fingerprint density at radius 1 is 1.28 bits per heavy atom. The van der Waals surface area contributed by atoms with E-state index >= 15 is 0 Å². The lowest BCUT2D eigenvalue weighted by atomic mass is 9.77. The smallest absolute Gasteiger partial charge is 0.223 e. The standard InChI is InChI=1S/C21H29N3O/c1-16-13-21(9-11-23(2)12-10-21)15-24(16)20(25)8-7-17-14-22-19-6-4-3-5-18(17)19/h3-6,14,16,22H,7-13,15H2,1-2H3. The van der Waals surface area contributed by atoms with Gasteiger partial charge in [0.1, 0.15) is 0 Å². The van der Waals surface area contributed by atoms with Crippen molar-refractivity contribution in [2.45, 2.75) is 45.1 Å². The van der Waals surface area contributed by atoms with E-state index in [0.717, 1.165) is 18.5 Å². The largest absolute Gasteiger partial charge is 0.361 e. The molecule has 1 aromatic carbocycles. The normalized spacial score (nSPS) is 23.6. The van der Waals surface area contributed by atoms with Crippen LogP contribution >= 0.6 is 0 Å². The molecule has 3 heterocycles. The minimum Gasteiger partial charge on any atom is -0.361 e. The van der Waals surface area contributed by atoms with Crippen LogP contribution in [0.15, 0.2) is 30.5 Å². The van der Waals surface area contributed by atoms with E-state index in [9.17, 15) is 4.79 Å². The number of nitrogens with one attached hydrogen (secondary N) is 1. The lowest BCUT2D eigenvalue weighted by molar-refractivity contribution is -0.132. The first-order valence-corrected chi connectivity index (χ1v) is 9.59. The van der Waals surface area contributed by atoms with Crippen molar-refractivity contribution in [3.05, 3.63) is 36.0 Å². The van der Waals surface area contributed by atoms with Crippen molar-refractivity contribution in [2.75, 3.05) is 26.7 Å². The second-order valence-electron chi connectivity index (χ2n) is 8.24. The van der Waals surface area contributed by atoms with Crippen LogP contribution in [0.4, 0.5) is 0 Å². The summed E-state index contributed by atoms with van der Waals surface area (Å²) in [4.78, 5) is 20.8. The molecule has 1 atom stereocenters. The van der Waals surface area contributed by atoms with Gasteiger partial charge in [-0.1, -0.05) is 18.2 Å². The summed E-state index contributed by atoms with van der Waals surface area (Å²) in [6.45, 7) is 5.54. The molecular formula is C21H29N3O. The van der Waals surface area contributed by atoms with Gasteiger partial charge in [0.25, 0.3) is 0 Å². The van der Waals surface area contributed by atoms with Crippen LogP contribution < -0.4 is 0 Å². The number of H-pyrrole nitrogens is 1. The molecule has 1 amide bonds. The van der Waals surface area contributed by atoms with Gasteiger partial charge in [-0.05, 0) is 69.8 Å². The van der Waals surface area contributed by atoms with Crippen molar-refractivity contribution in [3.63, 3.8) is 0 Å². The van der Waals surface area contributed by atoms with Crippen LogP contribution in [0.3, 0.4) is 0 Å². The number of amides is 1. The zero-order valence-corrected chi connectivity index (χ0v) is 15.4. The van der Waals surface area contributed by atoms with Crippen LogP contribution in [-0.4, -0.2) is 53.4 Å². The maximum Gasteiger partial charge on any atom is 0.223 e. The lowest BCUT2D eigenvalue weighted by Gasteiger charge is -2.37. The molecule has 2 saturated heterocycles. The van der Waals surface area contributed by atoms with Gasteiger partial charge in [-0.3, -0.25) is 4.79 Å². The van der Waals surface area contributed by atoms with Crippen molar-refractivity contribution in [3.8, 4) is 0 Å². The molecule has 2 aliphatic heterocycles. The number of piperidine rings is 1. The number of fused-ring (bicyclic) bond motifs is 1. The Balaban J connectivity index is 1.39. The zero-order chi connectivity index (χ0) is 17.4. The number of carbonyl (C=O) groups is 1. The Morgan fingerprint density at radius 2 is 2.04 bits per heavy atom. The van der Waals surface area contributed by atoms with E-state index in [1.165, 1.54) is 43.3 Å². The molecule has 0 radical (unpaired) electrons. The second-order valence-corrected chi connectivity index (χ2v) is 8.24. The van der Waals surface area contributed by atoms with Crippen LogP contribution in [0.2, 0.25) is 0 Å². The molecule has 134 valence electrons. The predicted octanol–water partition coefficient (Wildman–Crippen LogP) is 3.43. The lowest BCUT2D eigenvalue weighted by Crippen LogP contribution is -2.41. The monoisotopic (exact) mass is 339 g/mol. The molecule has 2 fully saturated rings. The first-order valence-electron chi connectivity index (χ1n) is 9.59. The van der Waals surface area contributed by atoms with Crippen molar-refractivity contribution in [1.29, 1.82) is 0 Å². The fourth-order valence-electron chi connectivity index (χ4n) is 4.83. The van der Waals surface area contributed by atoms with Gasteiger partial charge in [-0.2, -0.15) is 0 Å². The highest BCUT2D eigenvalue weighted by atomic mass is 16.2. The van der Waals surface area contributed by atoms with Crippen LogP contribution in [-0.2, 0) is 11.2 Å². The van der Waals surface area contributed by atoms with Gasteiger partial charge in [-0.15, -0.1) is 0 Å². The van der Waals surface area contributed by atoms with Crippen molar-refractivity contribution >= 4 is 16.8 Å². The summed E-state index contributed by atoms with van der Waals surface area (Å²) in [6.07, 6.45) is 7.15. The Hall–Kier alpha value is -1.81. The number of aromatic amines is 1. The first-order chi connectivity index (χ1) is 12.1. The molecule has 0 saturated carbocycles. The van der Waals surface area contributed by atoms with E-state index in [1.54, 1.807) is 0 Å². The van der Waals surface area contributed by atoms with Crippen molar-refractivity contribution in [1.82, 2.24) is 14.8 Å². The molecule has 1 N–H and O–H groups in total. The summed E-state index contributed by atoms with van der Waals surface area (Å²) >= 11 is 0. The number of nitrogens with zero attached hydrogens (tertiary/aromatic N) is 2. The molecule has 0 bridgehead atoms. The maximum atomic E-state index is 12.9. The average molecular weight is 339 g/mol. The van der Waals surface area contributed by atoms with E-state index in [-0.39, 0.29) is 0 Å². The van der Waals surface area contributed by atoms with Crippen LogP contribution in [0.5, 0.6) is 0 Å². The molecule has 1 spiro atoms. The van der Waals surface area contributed by atoms with Gasteiger partial charge in [0.15, 0.2) is 0 Å². The third-order valence-corrected chi connectivity index (χ3v) is 6.42. The molecule has 1 aromatic heterocycles. The molecule has 1 unspecified atom stereocenters. The number of benzene rings is 1. The molecule has 0 aliphatic carbocycles. The Bertz CT molecular complexity index is 757. The summed E-state index contributed by atoms with van der Waals surface area (Å²) in [5, 5.41) is 1.25. The van der Waals surface area contributed by atoms with Crippen LogP contribution in [0.1, 0.15) is 38.2 Å². The molecule has 4 heteroatoms. The Labute approximate surface area is 150 Å². The van der Waals surface area contributed by atoms with Gasteiger partial charge in [0.05, 0.1) is 0 Å². The highest BCUT2D eigenvalue weighted by Gasteiger charge is 2.44. The van der Waals surface area contributed by atoms with Gasteiger partial charge in [-0.25, -0.2) is 0 Å². The molecule has 2 aromatic rings. The summed E-state index contributed by atoms with van der Waals surface area (Å²) in [5.74, 6) is 0.327. The molecule has 25 heavy (non-hydrogen) atoms. The Kier molecular flexibility index (Phi) is 4.32. The van der Waals surface area contributed by atoms with Crippen molar-refractivity contribution in [2.24, 2.45) is 5.41 Å². The number of likely N-dealkylation sites (tertiary alicyclic amines) is 2. The van der Waals surface area contributed by atoms with E-state index in [4.69, 9.17) is 0 Å². The quantitative estimate of drug-likeness (QED) is 0.930. The molecular weight excluding hydrogens is 310 g/mol. The summed E-state index contributed by atoms with van der Waals surface area (Å²) in [6, 6.07) is 8.72. The topological polar surface area (TPSA) is 39.3 Å². The van der Waals surface area contributed by atoms with E-state index in [0.29, 0.717) is 23.8 Å². The van der Waals surface area contributed by atoms with Crippen LogP contribution in [0, 0.1) is 5.41 Å². The van der Waals surface area contributed by atoms with Gasteiger partial charge in [0, 0.05) is 36.1 Å². The third-order valence-electron chi connectivity index (χ3n) is 6.42. The highest BCUT2D eigenvalue weighted by molar-refractivity contribution is 5.84. The summed E-state index contributed by atoms with van der Waals surface area (Å²) in [5.41, 5.74) is 2.79. The van der Waals surface area contributed by atoms with Gasteiger partial charge < -0.3 is 14.8 Å². The summed E-state index contributed by atoms with van der Waals surface area (Å²) < 4.78 is 0. The predicted molar refractivity (Wildman–Crippen MR) is 102 cm³/mol. The number of rotatable bonds is 3. The minimum absolute atomic E-state index is 0.327. The van der Waals surface area contributed by atoms with Gasteiger partial charge in [0.2, 0.25) is 5.91 Å². The fourth-order valence-corrected chi connectivity index (χ4v) is 4.83. The third kappa shape index (κ3) is 3.20. The highest BCUT2D eigenvalue weighted by Crippen LogP contribution is 2.43. The zero-order valence-electron chi connectivity index (χ0n) is 15.4. The number of hydrogen-bond acceptors (Lipinski definition) is 2. The SMILES string of the molecule is CC1CC2(CCN(C)CC2)CN1C(=O)CCc1c[nH]c2ccccc12. The second kappa shape index (κ2) is 6.49. The van der Waals surface area contributed by atoms with E-state index < -0.39 is 0 Å². The summed E-state index contributed by atoms with van der Waals surface area (Å²) in [7, 11) is 2.20. The van der Waals surface area contributed by atoms with E-state index in [1.807, 2.05) is 6.07 Å². The number of para-hydroxylation sites is 1. The van der Waals surface area contributed by atoms with Crippen LogP contribution in [0.25, 0.3) is 10.9 Å². The maximum absolute atomic E-state index is 12.9. The van der Waals surface area contributed by atoms with E-state index in [2.05, 4.69) is 53.2 Å². The fraction of sp³-hybridized carbons (Fsp3) is 0.571. The Morgan fingerprint density at radius 3 is 2.84 bits per heavy atom. The molecule has 4 nitrogen and oxygen atoms in total. The average Bonchev–Trinajstić information content (AvgIpc) is 3.17. The molecule has 2 aliphatic rings. The van der Waals surface area contributed by atoms with Crippen molar-refractivity contribution < 1.29 is 4.79 Å².